The summed E-state index contributed by atoms with van der Waals surface area (Å²) in [4.78, 5) is 44.8. The largest absolute Gasteiger partial charge is 0.353 e. The molecule has 1 atom stereocenters. The first kappa shape index (κ1) is 19.2. The summed E-state index contributed by atoms with van der Waals surface area (Å²) in [5, 5.41) is 8.68. The van der Waals surface area contributed by atoms with Crippen molar-refractivity contribution in [3.05, 3.63) is 45.7 Å². The lowest BCUT2D eigenvalue weighted by atomic mass is 9.90. The minimum Gasteiger partial charge on any atom is -0.353 e. The number of hydrogen-bond donors (Lipinski definition) is 4. The van der Waals surface area contributed by atoms with Crippen molar-refractivity contribution in [1.82, 2.24) is 15.3 Å². The van der Waals surface area contributed by atoms with Gasteiger partial charge in [-0.05, 0) is 31.9 Å². The molecule has 152 valence electrons. The SMILES string of the molecule is Cc1ccc(Nc2nc3c(c(=O)[nH]2)[C@@H](C(=O)NC2CCCCC2)CC(=O)N3)cc1. The maximum absolute atomic E-state index is 12.8. The highest BCUT2D eigenvalue weighted by molar-refractivity contribution is 6.00. The quantitative estimate of drug-likeness (QED) is 0.635. The molecule has 1 aliphatic carbocycles. The highest BCUT2D eigenvalue weighted by atomic mass is 16.2. The van der Waals surface area contributed by atoms with Gasteiger partial charge in [-0.25, -0.2) is 0 Å². The van der Waals surface area contributed by atoms with Crippen LogP contribution >= 0.6 is 0 Å². The maximum atomic E-state index is 12.8. The Balaban J connectivity index is 1.58. The molecule has 2 aliphatic rings. The average Bonchev–Trinajstić information content (AvgIpc) is 2.69. The second kappa shape index (κ2) is 8.06. The smallest absolute Gasteiger partial charge is 0.258 e. The maximum Gasteiger partial charge on any atom is 0.258 e. The van der Waals surface area contributed by atoms with Gasteiger partial charge in [-0.1, -0.05) is 37.0 Å². The second-order valence-corrected chi connectivity index (χ2v) is 7.82. The molecule has 4 rings (SSSR count). The van der Waals surface area contributed by atoms with Crippen molar-refractivity contribution in [3.8, 4) is 0 Å². The number of benzene rings is 1. The fourth-order valence-corrected chi connectivity index (χ4v) is 3.98. The zero-order chi connectivity index (χ0) is 20.4. The number of amides is 2. The normalized spacial score (nSPS) is 19.2. The minimum absolute atomic E-state index is 0.0545. The molecule has 0 unspecified atom stereocenters. The molecule has 0 bridgehead atoms. The first-order valence-electron chi connectivity index (χ1n) is 10.1. The van der Waals surface area contributed by atoms with Crippen molar-refractivity contribution in [1.29, 1.82) is 0 Å². The molecule has 8 heteroatoms. The van der Waals surface area contributed by atoms with E-state index in [0.717, 1.165) is 36.9 Å². The van der Waals surface area contributed by atoms with E-state index in [1.54, 1.807) is 0 Å². The fraction of sp³-hybridized carbons (Fsp3) is 0.429. The first-order chi connectivity index (χ1) is 14.0. The molecule has 0 radical (unpaired) electrons. The van der Waals surface area contributed by atoms with Crippen molar-refractivity contribution in [2.45, 2.75) is 57.4 Å². The topological polar surface area (TPSA) is 116 Å². The Labute approximate surface area is 168 Å². The molecule has 2 aromatic rings. The predicted molar refractivity (Wildman–Crippen MR) is 110 cm³/mol. The monoisotopic (exact) mass is 395 g/mol. The summed E-state index contributed by atoms with van der Waals surface area (Å²) >= 11 is 0. The number of aromatic nitrogens is 2. The summed E-state index contributed by atoms with van der Waals surface area (Å²) in [7, 11) is 0. The number of anilines is 3. The molecule has 29 heavy (non-hydrogen) atoms. The van der Waals surface area contributed by atoms with Crippen LogP contribution in [0.3, 0.4) is 0 Å². The van der Waals surface area contributed by atoms with Crippen LogP contribution in [0.1, 0.15) is 55.6 Å². The fourth-order valence-electron chi connectivity index (χ4n) is 3.98. The highest BCUT2D eigenvalue weighted by Crippen LogP contribution is 2.30. The standard InChI is InChI=1S/C21H25N5O3/c1-12-7-9-14(10-8-12)23-21-25-18-17(20(29)26-21)15(11-16(27)24-18)19(28)22-13-5-3-2-4-6-13/h7-10,13,15H,2-6,11H2,1H3,(H,22,28)(H3,23,24,25,26,27,29)/t15-/m0/s1. The number of nitrogens with zero attached hydrogens (tertiary/aromatic N) is 1. The van der Waals surface area contributed by atoms with Crippen LogP contribution in [0.2, 0.25) is 0 Å². The van der Waals surface area contributed by atoms with E-state index >= 15 is 0 Å². The number of hydrogen-bond acceptors (Lipinski definition) is 5. The number of carbonyl (C=O) groups excluding carboxylic acids is 2. The van der Waals surface area contributed by atoms with Gasteiger partial charge >= 0.3 is 0 Å². The summed E-state index contributed by atoms with van der Waals surface area (Å²) in [6.07, 6.45) is 5.17. The van der Waals surface area contributed by atoms with Crippen LogP contribution in [-0.2, 0) is 9.59 Å². The van der Waals surface area contributed by atoms with Gasteiger partial charge in [0.05, 0.1) is 11.5 Å². The van der Waals surface area contributed by atoms with Crippen molar-refractivity contribution >= 4 is 29.3 Å². The van der Waals surface area contributed by atoms with Gasteiger partial charge in [0.15, 0.2) is 0 Å². The molecule has 4 N–H and O–H groups in total. The van der Waals surface area contributed by atoms with Crippen LogP contribution in [0.4, 0.5) is 17.5 Å². The van der Waals surface area contributed by atoms with E-state index in [2.05, 4.69) is 25.9 Å². The molecule has 1 saturated carbocycles. The van der Waals surface area contributed by atoms with Crippen molar-refractivity contribution in [3.63, 3.8) is 0 Å². The summed E-state index contributed by atoms with van der Waals surface area (Å²) in [5.74, 6) is -1.07. The van der Waals surface area contributed by atoms with Crippen LogP contribution in [-0.4, -0.2) is 27.8 Å². The van der Waals surface area contributed by atoms with E-state index in [4.69, 9.17) is 0 Å². The van der Waals surface area contributed by atoms with Crippen molar-refractivity contribution < 1.29 is 9.59 Å². The number of carbonyl (C=O) groups is 2. The lowest BCUT2D eigenvalue weighted by molar-refractivity contribution is -0.127. The number of rotatable bonds is 4. The molecular formula is C21H25N5O3. The van der Waals surface area contributed by atoms with Gasteiger partial charge in [0.2, 0.25) is 17.8 Å². The number of fused-ring (bicyclic) bond motifs is 1. The molecule has 2 amide bonds. The first-order valence-corrected chi connectivity index (χ1v) is 10.1. The van der Waals surface area contributed by atoms with Gasteiger partial charge in [0.1, 0.15) is 5.82 Å². The van der Waals surface area contributed by atoms with E-state index < -0.39 is 11.5 Å². The Morgan fingerprint density at radius 2 is 1.83 bits per heavy atom. The highest BCUT2D eigenvalue weighted by Gasteiger charge is 2.35. The predicted octanol–water partition coefficient (Wildman–Crippen LogP) is 2.70. The van der Waals surface area contributed by atoms with Gasteiger partial charge in [0.25, 0.3) is 5.56 Å². The lowest BCUT2D eigenvalue weighted by Crippen LogP contribution is -2.43. The van der Waals surface area contributed by atoms with Crippen molar-refractivity contribution in [2.24, 2.45) is 0 Å². The van der Waals surface area contributed by atoms with E-state index in [0.29, 0.717) is 0 Å². The number of aromatic amines is 1. The van der Waals surface area contributed by atoms with Crippen LogP contribution in [0.15, 0.2) is 29.1 Å². The molecule has 1 aromatic heterocycles. The molecule has 1 aromatic carbocycles. The molecule has 1 fully saturated rings. The van der Waals surface area contributed by atoms with Gasteiger partial charge in [-0.3, -0.25) is 19.4 Å². The van der Waals surface area contributed by atoms with Crippen LogP contribution in [0.5, 0.6) is 0 Å². The third-order valence-corrected chi connectivity index (χ3v) is 5.53. The molecular weight excluding hydrogens is 370 g/mol. The average molecular weight is 395 g/mol. The molecule has 0 saturated heterocycles. The Morgan fingerprint density at radius 3 is 2.55 bits per heavy atom. The minimum atomic E-state index is -0.828. The van der Waals surface area contributed by atoms with E-state index in [1.807, 2.05) is 31.2 Å². The number of nitrogens with one attached hydrogen (secondary N) is 4. The zero-order valence-electron chi connectivity index (χ0n) is 16.4. The van der Waals surface area contributed by atoms with E-state index in [1.165, 1.54) is 6.42 Å². The van der Waals surface area contributed by atoms with Crippen LogP contribution in [0, 0.1) is 6.92 Å². The van der Waals surface area contributed by atoms with Gasteiger partial charge in [-0.2, -0.15) is 4.98 Å². The van der Waals surface area contributed by atoms with Gasteiger partial charge in [-0.15, -0.1) is 0 Å². The zero-order valence-corrected chi connectivity index (χ0v) is 16.4. The van der Waals surface area contributed by atoms with Gasteiger partial charge < -0.3 is 16.0 Å². The summed E-state index contributed by atoms with van der Waals surface area (Å²) < 4.78 is 0. The summed E-state index contributed by atoms with van der Waals surface area (Å²) in [6, 6.07) is 7.72. The molecule has 0 spiro atoms. The summed E-state index contributed by atoms with van der Waals surface area (Å²) in [5.41, 5.74) is 1.66. The Kier molecular flexibility index (Phi) is 5.33. The van der Waals surface area contributed by atoms with E-state index in [-0.39, 0.29) is 41.6 Å². The number of aryl methyl sites for hydroxylation is 1. The number of H-pyrrole nitrogens is 1. The van der Waals surface area contributed by atoms with Crippen molar-refractivity contribution in [2.75, 3.05) is 10.6 Å². The third kappa shape index (κ3) is 4.31. The molecule has 1 aliphatic heterocycles. The van der Waals surface area contributed by atoms with Crippen LogP contribution < -0.4 is 21.5 Å². The van der Waals surface area contributed by atoms with E-state index in [9.17, 15) is 14.4 Å². The van der Waals surface area contributed by atoms with Gasteiger partial charge in [0, 0.05) is 18.2 Å². The lowest BCUT2D eigenvalue weighted by Gasteiger charge is -2.27. The molecule has 8 nitrogen and oxygen atoms in total. The summed E-state index contributed by atoms with van der Waals surface area (Å²) in [6.45, 7) is 1.98. The Morgan fingerprint density at radius 1 is 1.10 bits per heavy atom. The molecule has 2 heterocycles. The Bertz CT molecular complexity index is 977. The Hall–Kier alpha value is -3.16. The van der Waals surface area contributed by atoms with Crippen LogP contribution in [0.25, 0.3) is 0 Å². The second-order valence-electron chi connectivity index (χ2n) is 7.82. The third-order valence-electron chi connectivity index (χ3n) is 5.53.